The fourth-order valence-corrected chi connectivity index (χ4v) is 2.15. The number of fused-ring (bicyclic) bond motifs is 1. The van der Waals surface area contributed by atoms with E-state index in [4.69, 9.17) is 5.73 Å². The zero-order valence-electron chi connectivity index (χ0n) is 11.0. The predicted molar refractivity (Wildman–Crippen MR) is 73.9 cm³/mol. The van der Waals surface area contributed by atoms with E-state index in [1.54, 1.807) is 0 Å². The first-order valence-electron chi connectivity index (χ1n) is 6.28. The minimum absolute atomic E-state index is 0.369. The molecule has 0 radical (unpaired) electrons. The first-order chi connectivity index (χ1) is 8.01. The van der Waals surface area contributed by atoms with Crippen LogP contribution in [0.25, 0.3) is 10.9 Å². The lowest BCUT2D eigenvalue weighted by atomic mass is 9.92. The number of hydrogen-bond acceptors (Lipinski definition) is 1. The summed E-state index contributed by atoms with van der Waals surface area (Å²) < 4.78 is 2.34. The highest BCUT2D eigenvalue weighted by molar-refractivity contribution is 5.83. The minimum Gasteiger partial charge on any atom is -0.347 e. The zero-order chi connectivity index (χ0) is 12.5. The van der Waals surface area contributed by atoms with E-state index >= 15 is 0 Å². The van der Waals surface area contributed by atoms with Crippen LogP contribution < -0.4 is 5.73 Å². The molecule has 0 fully saturated rings. The summed E-state index contributed by atoms with van der Waals surface area (Å²) in [6.07, 6.45) is 3.35. The standard InChI is InChI=1S/C15H22N2/c1-15(2,3)8-10-17-9-7-12-5-4-6-13(11-16)14(12)17/h4-7,9H,8,10-11,16H2,1-3H3. The van der Waals surface area contributed by atoms with Crippen molar-refractivity contribution in [3.8, 4) is 0 Å². The van der Waals surface area contributed by atoms with Crippen LogP contribution in [0.2, 0.25) is 0 Å². The van der Waals surface area contributed by atoms with Gasteiger partial charge in [-0.05, 0) is 28.9 Å². The van der Waals surface area contributed by atoms with Crippen LogP contribution >= 0.6 is 0 Å². The lowest BCUT2D eigenvalue weighted by Crippen LogP contribution is -2.10. The number of rotatable bonds is 3. The second-order valence-corrected chi connectivity index (χ2v) is 5.88. The Balaban J connectivity index is 2.34. The molecular weight excluding hydrogens is 208 g/mol. The molecule has 1 aromatic carbocycles. The Labute approximate surface area is 103 Å². The molecule has 2 rings (SSSR count). The molecule has 0 saturated carbocycles. The van der Waals surface area contributed by atoms with E-state index in [0.29, 0.717) is 12.0 Å². The van der Waals surface area contributed by atoms with Gasteiger partial charge in [0.1, 0.15) is 0 Å². The number of aromatic nitrogens is 1. The van der Waals surface area contributed by atoms with Crippen LogP contribution in [-0.4, -0.2) is 4.57 Å². The van der Waals surface area contributed by atoms with Crippen molar-refractivity contribution in [1.29, 1.82) is 0 Å². The highest BCUT2D eigenvalue weighted by Crippen LogP contribution is 2.24. The Hall–Kier alpha value is -1.28. The van der Waals surface area contributed by atoms with Crippen molar-refractivity contribution in [2.75, 3.05) is 0 Å². The fraction of sp³-hybridized carbons (Fsp3) is 0.467. The van der Waals surface area contributed by atoms with Gasteiger partial charge in [-0.25, -0.2) is 0 Å². The maximum Gasteiger partial charge on any atom is 0.0525 e. The summed E-state index contributed by atoms with van der Waals surface area (Å²) in [4.78, 5) is 0. The van der Waals surface area contributed by atoms with Crippen molar-refractivity contribution in [2.24, 2.45) is 11.1 Å². The van der Waals surface area contributed by atoms with Gasteiger partial charge in [0.2, 0.25) is 0 Å². The molecule has 2 nitrogen and oxygen atoms in total. The fourth-order valence-electron chi connectivity index (χ4n) is 2.15. The van der Waals surface area contributed by atoms with E-state index in [9.17, 15) is 0 Å². The summed E-state index contributed by atoms with van der Waals surface area (Å²) in [5, 5.41) is 1.29. The average Bonchev–Trinajstić information content (AvgIpc) is 2.68. The van der Waals surface area contributed by atoms with Crippen molar-refractivity contribution < 1.29 is 0 Å². The van der Waals surface area contributed by atoms with E-state index in [0.717, 1.165) is 6.54 Å². The predicted octanol–water partition coefficient (Wildman–Crippen LogP) is 3.54. The smallest absolute Gasteiger partial charge is 0.0525 e. The molecule has 2 N–H and O–H groups in total. The van der Waals surface area contributed by atoms with Gasteiger partial charge in [-0.2, -0.15) is 0 Å². The van der Waals surface area contributed by atoms with Crippen molar-refractivity contribution in [3.63, 3.8) is 0 Å². The molecule has 1 heterocycles. The molecule has 0 bridgehead atoms. The zero-order valence-corrected chi connectivity index (χ0v) is 11.0. The monoisotopic (exact) mass is 230 g/mol. The summed E-state index contributed by atoms with van der Waals surface area (Å²) in [7, 11) is 0. The number of nitrogens with zero attached hydrogens (tertiary/aromatic N) is 1. The van der Waals surface area contributed by atoms with Gasteiger partial charge in [-0.1, -0.05) is 39.0 Å². The largest absolute Gasteiger partial charge is 0.347 e. The highest BCUT2D eigenvalue weighted by atomic mass is 15.0. The Kier molecular flexibility index (Phi) is 3.25. The molecular formula is C15H22N2. The molecule has 92 valence electrons. The molecule has 0 amide bonds. The summed E-state index contributed by atoms with van der Waals surface area (Å²) in [5.41, 5.74) is 8.72. The maximum absolute atomic E-state index is 5.81. The van der Waals surface area contributed by atoms with E-state index in [1.807, 2.05) is 0 Å². The molecule has 0 aliphatic heterocycles. The van der Waals surface area contributed by atoms with Gasteiger partial charge in [0, 0.05) is 19.3 Å². The van der Waals surface area contributed by atoms with Gasteiger partial charge >= 0.3 is 0 Å². The topological polar surface area (TPSA) is 30.9 Å². The Morgan fingerprint density at radius 3 is 2.59 bits per heavy atom. The van der Waals surface area contributed by atoms with Gasteiger partial charge in [-0.15, -0.1) is 0 Å². The van der Waals surface area contributed by atoms with Crippen LogP contribution in [-0.2, 0) is 13.1 Å². The maximum atomic E-state index is 5.81. The normalized spacial score (nSPS) is 12.2. The van der Waals surface area contributed by atoms with Crippen LogP contribution in [0.5, 0.6) is 0 Å². The molecule has 17 heavy (non-hydrogen) atoms. The van der Waals surface area contributed by atoms with Gasteiger partial charge in [-0.3, -0.25) is 0 Å². The number of hydrogen-bond donors (Lipinski definition) is 1. The highest BCUT2D eigenvalue weighted by Gasteiger charge is 2.11. The van der Waals surface area contributed by atoms with Gasteiger partial charge in [0.25, 0.3) is 0 Å². The van der Waals surface area contributed by atoms with Crippen LogP contribution in [0, 0.1) is 5.41 Å². The van der Waals surface area contributed by atoms with Crippen LogP contribution in [0.15, 0.2) is 30.5 Å². The molecule has 0 aliphatic rings. The number of aryl methyl sites for hydroxylation is 1. The van der Waals surface area contributed by atoms with Gasteiger partial charge in [0.05, 0.1) is 5.52 Å². The van der Waals surface area contributed by atoms with E-state index in [2.05, 4.69) is 55.8 Å². The quantitative estimate of drug-likeness (QED) is 0.859. The lowest BCUT2D eigenvalue weighted by Gasteiger charge is -2.19. The average molecular weight is 230 g/mol. The van der Waals surface area contributed by atoms with Gasteiger partial charge < -0.3 is 10.3 Å². The third-order valence-corrected chi connectivity index (χ3v) is 3.19. The van der Waals surface area contributed by atoms with Gasteiger partial charge in [0.15, 0.2) is 0 Å². The molecule has 0 spiro atoms. The SMILES string of the molecule is CC(C)(C)CCn1ccc2cccc(CN)c21. The summed E-state index contributed by atoms with van der Waals surface area (Å²) in [5.74, 6) is 0. The first-order valence-corrected chi connectivity index (χ1v) is 6.28. The number of nitrogens with two attached hydrogens (primary N) is 1. The lowest BCUT2D eigenvalue weighted by molar-refractivity contribution is 0.353. The second-order valence-electron chi connectivity index (χ2n) is 5.88. The number of benzene rings is 1. The minimum atomic E-state index is 0.369. The Bertz CT molecular complexity index is 503. The molecule has 0 atom stereocenters. The molecule has 1 aromatic heterocycles. The van der Waals surface area contributed by atoms with E-state index < -0.39 is 0 Å². The third kappa shape index (κ3) is 2.70. The summed E-state index contributed by atoms with van der Waals surface area (Å²) >= 11 is 0. The molecule has 0 saturated heterocycles. The Morgan fingerprint density at radius 1 is 1.18 bits per heavy atom. The molecule has 0 aliphatic carbocycles. The molecule has 2 aromatic rings. The van der Waals surface area contributed by atoms with Crippen molar-refractivity contribution in [1.82, 2.24) is 4.57 Å². The van der Waals surface area contributed by atoms with Crippen molar-refractivity contribution in [3.05, 3.63) is 36.0 Å². The van der Waals surface area contributed by atoms with Crippen molar-refractivity contribution in [2.45, 2.75) is 40.3 Å². The first kappa shape index (κ1) is 12.2. The van der Waals surface area contributed by atoms with Crippen molar-refractivity contribution >= 4 is 10.9 Å². The molecule has 0 unspecified atom stereocenters. The van der Waals surface area contributed by atoms with E-state index in [1.165, 1.54) is 22.9 Å². The Morgan fingerprint density at radius 2 is 1.94 bits per heavy atom. The second kappa shape index (κ2) is 4.53. The summed E-state index contributed by atoms with van der Waals surface area (Å²) in [6.45, 7) is 8.51. The summed E-state index contributed by atoms with van der Waals surface area (Å²) in [6, 6.07) is 8.54. The number of para-hydroxylation sites is 1. The van der Waals surface area contributed by atoms with Crippen LogP contribution in [0.3, 0.4) is 0 Å². The van der Waals surface area contributed by atoms with Crippen LogP contribution in [0.1, 0.15) is 32.8 Å². The third-order valence-electron chi connectivity index (χ3n) is 3.19. The van der Waals surface area contributed by atoms with Crippen LogP contribution in [0.4, 0.5) is 0 Å². The molecule has 2 heteroatoms. The van der Waals surface area contributed by atoms with E-state index in [-0.39, 0.29) is 0 Å².